The van der Waals surface area contributed by atoms with Crippen molar-refractivity contribution in [1.29, 1.82) is 0 Å². The van der Waals surface area contributed by atoms with Gasteiger partial charge in [0, 0.05) is 21.6 Å². The Hall–Kier alpha value is -1.27. The van der Waals surface area contributed by atoms with Gasteiger partial charge in [0.1, 0.15) is 0 Å². The first kappa shape index (κ1) is 17.8. The van der Waals surface area contributed by atoms with Crippen LogP contribution in [0.2, 0.25) is 5.02 Å². The summed E-state index contributed by atoms with van der Waals surface area (Å²) in [7, 11) is 0. The second-order valence-electron chi connectivity index (χ2n) is 5.52. The summed E-state index contributed by atoms with van der Waals surface area (Å²) >= 11 is 9.18. The van der Waals surface area contributed by atoms with Crippen molar-refractivity contribution < 1.29 is 14.7 Å². The maximum absolute atomic E-state index is 12.4. The standard InChI is InChI=1S/C14H18BrClN2O3/c1-14(2,3)18(7-6-12(19)20)13(21)17-11-5-4-9(16)8-10(11)15/h4-5,8H,6-7H2,1-3H3,(H,17,21)(H,19,20). The highest BCUT2D eigenvalue weighted by Gasteiger charge is 2.27. The first-order valence-electron chi connectivity index (χ1n) is 6.36. The third-order valence-electron chi connectivity index (χ3n) is 2.78. The molecule has 0 aliphatic heterocycles. The number of amides is 2. The van der Waals surface area contributed by atoms with Crippen molar-refractivity contribution in [3.05, 3.63) is 27.7 Å². The van der Waals surface area contributed by atoms with Crippen molar-refractivity contribution >= 4 is 45.2 Å². The highest BCUT2D eigenvalue weighted by atomic mass is 79.9. The van der Waals surface area contributed by atoms with E-state index in [1.807, 2.05) is 20.8 Å². The number of carbonyl (C=O) groups excluding carboxylic acids is 1. The van der Waals surface area contributed by atoms with Gasteiger partial charge in [-0.05, 0) is 54.9 Å². The number of hydrogen-bond donors (Lipinski definition) is 2. The van der Waals surface area contributed by atoms with Crippen LogP contribution in [-0.2, 0) is 4.79 Å². The average molecular weight is 378 g/mol. The zero-order valence-electron chi connectivity index (χ0n) is 12.1. The van der Waals surface area contributed by atoms with Crippen molar-refractivity contribution in [2.24, 2.45) is 0 Å². The minimum atomic E-state index is -0.940. The molecule has 5 nitrogen and oxygen atoms in total. The first-order chi connectivity index (χ1) is 9.61. The van der Waals surface area contributed by atoms with Crippen LogP contribution in [0.1, 0.15) is 27.2 Å². The Balaban J connectivity index is 2.88. The van der Waals surface area contributed by atoms with E-state index in [0.717, 1.165) is 0 Å². The summed E-state index contributed by atoms with van der Waals surface area (Å²) in [6.45, 7) is 5.69. The molecule has 0 heterocycles. The van der Waals surface area contributed by atoms with Crippen molar-refractivity contribution in [3.63, 3.8) is 0 Å². The van der Waals surface area contributed by atoms with E-state index in [2.05, 4.69) is 21.2 Å². The van der Waals surface area contributed by atoms with Gasteiger partial charge in [-0.1, -0.05) is 11.6 Å². The monoisotopic (exact) mass is 376 g/mol. The molecule has 1 aromatic carbocycles. The van der Waals surface area contributed by atoms with Crippen LogP contribution in [0.3, 0.4) is 0 Å². The molecule has 0 saturated heterocycles. The van der Waals surface area contributed by atoms with Crippen molar-refractivity contribution in [1.82, 2.24) is 4.90 Å². The maximum atomic E-state index is 12.4. The summed E-state index contributed by atoms with van der Waals surface area (Å²) < 4.78 is 0.662. The van der Waals surface area contributed by atoms with Crippen LogP contribution in [0.4, 0.5) is 10.5 Å². The summed E-state index contributed by atoms with van der Waals surface area (Å²) in [5.41, 5.74) is 0.0901. The number of halogens is 2. The predicted octanol–water partition coefficient (Wildman–Crippen LogP) is 4.21. The molecule has 0 fully saturated rings. The Morgan fingerprint density at radius 1 is 1.38 bits per heavy atom. The van der Waals surface area contributed by atoms with Crippen LogP contribution >= 0.6 is 27.5 Å². The summed E-state index contributed by atoms with van der Waals surface area (Å²) in [5, 5.41) is 12.1. The van der Waals surface area contributed by atoms with Crippen LogP contribution in [0.15, 0.2) is 22.7 Å². The number of carboxylic acids is 1. The number of nitrogens with zero attached hydrogens (tertiary/aromatic N) is 1. The third kappa shape index (κ3) is 5.55. The number of hydrogen-bond acceptors (Lipinski definition) is 2. The molecule has 21 heavy (non-hydrogen) atoms. The summed E-state index contributed by atoms with van der Waals surface area (Å²) in [4.78, 5) is 24.6. The average Bonchev–Trinajstić information content (AvgIpc) is 2.30. The molecule has 0 unspecified atom stereocenters. The minimum absolute atomic E-state index is 0.105. The number of carboxylic acid groups (broad SMARTS) is 1. The van der Waals surface area contributed by atoms with Gasteiger partial charge in [0.15, 0.2) is 0 Å². The van der Waals surface area contributed by atoms with E-state index in [1.54, 1.807) is 18.2 Å². The molecular weight excluding hydrogens is 360 g/mol. The number of aliphatic carboxylic acids is 1. The molecule has 0 saturated carbocycles. The summed E-state index contributed by atoms with van der Waals surface area (Å²) in [6.07, 6.45) is -0.105. The number of benzene rings is 1. The molecule has 2 amide bonds. The fourth-order valence-electron chi connectivity index (χ4n) is 1.72. The number of anilines is 1. The smallest absolute Gasteiger partial charge is 0.322 e. The predicted molar refractivity (Wildman–Crippen MR) is 86.9 cm³/mol. The molecule has 0 aliphatic carbocycles. The first-order valence-corrected chi connectivity index (χ1v) is 7.54. The zero-order valence-corrected chi connectivity index (χ0v) is 14.5. The Kier molecular flexibility index (Phi) is 6.04. The molecule has 1 aromatic rings. The van der Waals surface area contributed by atoms with E-state index in [0.29, 0.717) is 15.2 Å². The number of urea groups is 1. The van der Waals surface area contributed by atoms with E-state index in [-0.39, 0.29) is 19.0 Å². The quantitative estimate of drug-likeness (QED) is 0.826. The molecule has 0 aromatic heterocycles. The molecule has 116 valence electrons. The van der Waals surface area contributed by atoms with Crippen molar-refractivity contribution in [2.75, 3.05) is 11.9 Å². The highest BCUT2D eigenvalue weighted by molar-refractivity contribution is 9.10. The Morgan fingerprint density at radius 2 is 2.00 bits per heavy atom. The molecule has 0 aliphatic rings. The van der Waals surface area contributed by atoms with Crippen LogP contribution < -0.4 is 5.32 Å². The van der Waals surface area contributed by atoms with Crippen LogP contribution in [0.5, 0.6) is 0 Å². The van der Waals surface area contributed by atoms with E-state index < -0.39 is 11.5 Å². The SMILES string of the molecule is CC(C)(C)N(CCC(=O)O)C(=O)Nc1ccc(Cl)cc1Br. The van der Waals surface area contributed by atoms with Crippen molar-refractivity contribution in [3.8, 4) is 0 Å². The third-order valence-corrected chi connectivity index (χ3v) is 3.67. The van der Waals surface area contributed by atoms with Gasteiger partial charge in [0.05, 0.1) is 12.1 Å². The lowest BCUT2D eigenvalue weighted by Crippen LogP contribution is -2.48. The molecule has 7 heteroatoms. The Labute approximate surface area is 137 Å². The lowest BCUT2D eigenvalue weighted by molar-refractivity contribution is -0.137. The normalized spacial score (nSPS) is 11.1. The number of rotatable bonds is 4. The Bertz CT molecular complexity index is 544. The van der Waals surface area contributed by atoms with Gasteiger partial charge < -0.3 is 15.3 Å². The van der Waals surface area contributed by atoms with Gasteiger partial charge in [-0.3, -0.25) is 4.79 Å². The molecule has 0 atom stereocenters. The van der Waals surface area contributed by atoms with E-state index >= 15 is 0 Å². The molecular formula is C14H18BrClN2O3. The fourth-order valence-corrected chi connectivity index (χ4v) is 2.50. The maximum Gasteiger partial charge on any atom is 0.322 e. The van der Waals surface area contributed by atoms with Gasteiger partial charge in [0.2, 0.25) is 0 Å². The fraction of sp³-hybridized carbons (Fsp3) is 0.429. The second-order valence-corrected chi connectivity index (χ2v) is 6.81. The van der Waals surface area contributed by atoms with Gasteiger partial charge in [0.25, 0.3) is 0 Å². The highest BCUT2D eigenvalue weighted by Crippen LogP contribution is 2.27. The van der Waals surface area contributed by atoms with Crippen LogP contribution in [-0.4, -0.2) is 34.1 Å². The van der Waals surface area contributed by atoms with Crippen LogP contribution in [0.25, 0.3) is 0 Å². The number of nitrogens with one attached hydrogen (secondary N) is 1. The molecule has 1 rings (SSSR count). The van der Waals surface area contributed by atoms with Gasteiger partial charge in [-0.25, -0.2) is 4.79 Å². The van der Waals surface area contributed by atoms with Crippen LogP contribution in [0, 0.1) is 0 Å². The lowest BCUT2D eigenvalue weighted by Gasteiger charge is -2.35. The Morgan fingerprint density at radius 3 is 2.48 bits per heavy atom. The minimum Gasteiger partial charge on any atom is -0.481 e. The summed E-state index contributed by atoms with van der Waals surface area (Å²) in [5.74, 6) is -0.940. The lowest BCUT2D eigenvalue weighted by atomic mass is 10.1. The topological polar surface area (TPSA) is 69.6 Å². The van der Waals surface area contributed by atoms with Gasteiger partial charge in [-0.2, -0.15) is 0 Å². The zero-order chi connectivity index (χ0) is 16.2. The molecule has 0 radical (unpaired) electrons. The summed E-state index contributed by atoms with van der Waals surface area (Å²) in [6, 6.07) is 4.67. The van der Waals surface area contributed by atoms with Crippen molar-refractivity contribution in [2.45, 2.75) is 32.7 Å². The second kappa shape index (κ2) is 7.13. The van der Waals surface area contributed by atoms with Gasteiger partial charge in [-0.15, -0.1) is 0 Å². The molecule has 2 N–H and O–H groups in total. The van der Waals surface area contributed by atoms with Gasteiger partial charge >= 0.3 is 12.0 Å². The molecule has 0 spiro atoms. The largest absolute Gasteiger partial charge is 0.481 e. The van der Waals surface area contributed by atoms with E-state index in [9.17, 15) is 9.59 Å². The van der Waals surface area contributed by atoms with E-state index in [1.165, 1.54) is 4.90 Å². The number of carbonyl (C=O) groups is 2. The molecule has 0 bridgehead atoms. The van der Waals surface area contributed by atoms with E-state index in [4.69, 9.17) is 16.7 Å².